The topological polar surface area (TPSA) is 81.6 Å². The van der Waals surface area contributed by atoms with Crippen molar-refractivity contribution in [2.75, 3.05) is 26.2 Å². The Labute approximate surface area is 235 Å². The van der Waals surface area contributed by atoms with Crippen LogP contribution in [0.2, 0.25) is 5.02 Å². The number of hydrogen-bond acceptors (Lipinski definition) is 3. The number of H-pyrrole nitrogens is 1. The van der Waals surface area contributed by atoms with Crippen LogP contribution in [0.4, 0.5) is 0 Å². The lowest BCUT2D eigenvalue weighted by Gasteiger charge is -2.35. The third kappa shape index (κ3) is 5.33. The summed E-state index contributed by atoms with van der Waals surface area (Å²) in [6, 6.07) is 15.0. The van der Waals surface area contributed by atoms with Gasteiger partial charge in [0, 0.05) is 70.8 Å². The average molecular weight is 598 g/mol. The molecule has 0 aliphatic carbocycles. The maximum absolute atomic E-state index is 13.9. The molecule has 7 nitrogen and oxygen atoms in total. The van der Waals surface area contributed by atoms with E-state index in [2.05, 4.69) is 27.8 Å². The molecule has 2 aromatic heterocycles. The average Bonchev–Trinajstić information content (AvgIpc) is 3.48. The standard InChI is InChI=1S/C29H30BrClN4O3/c1-2-3-4-26(36)33-11-13-34(14-12-33)29(38)23-16-27(37)35(18-19-5-7-20(30)8-6-19)28(23)24-17-32-25-15-21(31)9-10-22(24)25/h5-10,15-17,32,37H,2-4,11-14,18H2,1H3. The quantitative estimate of drug-likeness (QED) is 0.263. The first-order valence-electron chi connectivity index (χ1n) is 12.9. The number of hydrogen-bond donors (Lipinski definition) is 2. The predicted molar refractivity (Wildman–Crippen MR) is 154 cm³/mol. The Kier molecular flexibility index (Phi) is 7.81. The molecular formula is C29H30BrClN4O3. The number of carbonyl (C=O) groups excluding carboxylic acids is 2. The van der Waals surface area contributed by atoms with Gasteiger partial charge in [-0.3, -0.25) is 9.59 Å². The number of carbonyl (C=O) groups is 2. The third-order valence-corrected chi connectivity index (χ3v) is 7.89. The van der Waals surface area contributed by atoms with E-state index >= 15 is 0 Å². The van der Waals surface area contributed by atoms with E-state index in [1.807, 2.05) is 53.6 Å². The van der Waals surface area contributed by atoms with Crippen molar-refractivity contribution in [2.45, 2.75) is 32.7 Å². The van der Waals surface area contributed by atoms with E-state index in [-0.39, 0.29) is 17.7 Å². The lowest BCUT2D eigenvalue weighted by molar-refractivity contribution is -0.132. The number of nitrogens with zero attached hydrogens (tertiary/aromatic N) is 3. The summed E-state index contributed by atoms with van der Waals surface area (Å²) >= 11 is 9.69. The number of nitrogens with one attached hydrogen (secondary N) is 1. The number of aromatic amines is 1. The fourth-order valence-corrected chi connectivity index (χ4v) is 5.47. The van der Waals surface area contributed by atoms with E-state index in [9.17, 15) is 14.7 Å². The smallest absolute Gasteiger partial charge is 0.256 e. The molecule has 1 aliphatic rings. The Bertz CT molecular complexity index is 1470. The number of piperazine rings is 1. The van der Waals surface area contributed by atoms with Gasteiger partial charge in [-0.25, -0.2) is 0 Å². The molecule has 1 fully saturated rings. The second-order valence-corrected chi connectivity index (χ2v) is 11.0. The second kappa shape index (κ2) is 11.3. The van der Waals surface area contributed by atoms with Gasteiger partial charge in [-0.05, 0) is 36.2 Å². The Balaban J connectivity index is 1.50. The molecule has 2 aromatic carbocycles. The minimum absolute atomic E-state index is 0.0166. The molecule has 0 spiro atoms. The molecule has 9 heteroatoms. The molecule has 1 aliphatic heterocycles. The van der Waals surface area contributed by atoms with E-state index in [1.165, 1.54) is 0 Å². The first-order valence-corrected chi connectivity index (χ1v) is 14.0. The summed E-state index contributed by atoms with van der Waals surface area (Å²) in [6.45, 7) is 4.40. The summed E-state index contributed by atoms with van der Waals surface area (Å²) in [7, 11) is 0. The number of benzene rings is 2. The maximum Gasteiger partial charge on any atom is 0.256 e. The molecule has 0 bridgehead atoms. The largest absolute Gasteiger partial charge is 0.494 e. The molecule has 1 saturated heterocycles. The zero-order valence-electron chi connectivity index (χ0n) is 21.2. The van der Waals surface area contributed by atoms with Crippen molar-refractivity contribution in [3.8, 4) is 17.1 Å². The van der Waals surface area contributed by atoms with Gasteiger partial charge in [-0.15, -0.1) is 0 Å². The molecule has 38 heavy (non-hydrogen) atoms. The number of aromatic hydroxyl groups is 1. The summed E-state index contributed by atoms with van der Waals surface area (Å²) in [5.41, 5.74) is 3.72. The lowest BCUT2D eigenvalue weighted by atomic mass is 10.0. The van der Waals surface area contributed by atoms with Gasteiger partial charge < -0.3 is 24.5 Å². The first-order chi connectivity index (χ1) is 18.4. The molecular weight excluding hydrogens is 568 g/mol. The predicted octanol–water partition coefficient (Wildman–Crippen LogP) is 6.28. The van der Waals surface area contributed by atoms with E-state index in [4.69, 9.17) is 11.6 Å². The van der Waals surface area contributed by atoms with Crippen LogP contribution >= 0.6 is 27.5 Å². The highest BCUT2D eigenvalue weighted by Gasteiger charge is 2.30. The van der Waals surface area contributed by atoms with Gasteiger partial charge in [0.05, 0.1) is 17.8 Å². The van der Waals surface area contributed by atoms with Gasteiger partial charge in [0.1, 0.15) is 0 Å². The van der Waals surface area contributed by atoms with E-state index in [0.29, 0.717) is 55.4 Å². The third-order valence-electron chi connectivity index (χ3n) is 7.12. The molecule has 3 heterocycles. The highest BCUT2D eigenvalue weighted by Crippen LogP contribution is 2.37. The fourth-order valence-electron chi connectivity index (χ4n) is 5.03. The molecule has 4 aromatic rings. The molecule has 2 N–H and O–H groups in total. The van der Waals surface area contributed by atoms with Crippen molar-refractivity contribution in [1.29, 1.82) is 0 Å². The van der Waals surface area contributed by atoms with Crippen LogP contribution in [-0.2, 0) is 11.3 Å². The number of rotatable bonds is 7. The molecule has 0 atom stereocenters. The number of amides is 2. The van der Waals surface area contributed by atoms with Gasteiger partial charge >= 0.3 is 0 Å². The van der Waals surface area contributed by atoms with Crippen LogP contribution in [0.5, 0.6) is 5.88 Å². The van der Waals surface area contributed by atoms with Crippen LogP contribution in [0, 0.1) is 0 Å². The van der Waals surface area contributed by atoms with Gasteiger partial charge in [0.2, 0.25) is 5.91 Å². The zero-order chi connectivity index (χ0) is 26.8. The zero-order valence-corrected chi connectivity index (χ0v) is 23.6. The molecule has 0 radical (unpaired) electrons. The van der Waals surface area contributed by atoms with Crippen molar-refractivity contribution in [3.63, 3.8) is 0 Å². The van der Waals surface area contributed by atoms with Crippen molar-refractivity contribution in [1.82, 2.24) is 19.4 Å². The molecule has 0 unspecified atom stereocenters. The van der Waals surface area contributed by atoms with Crippen LogP contribution in [0.25, 0.3) is 22.2 Å². The summed E-state index contributed by atoms with van der Waals surface area (Å²) in [4.78, 5) is 33.2. The minimum Gasteiger partial charge on any atom is -0.494 e. The van der Waals surface area contributed by atoms with Crippen LogP contribution in [0.15, 0.2) is 59.2 Å². The summed E-state index contributed by atoms with van der Waals surface area (Å²) in [6.07, 6.45) is 4.26. The van der Waals surface area contributed by atoms with Gasteiger partial charge in [0.25, 0.3) is 5.91 Å². The van der Waals surface area contributed by atoms with Crippen LogP contribution in [-0.4, -0.2) is 62.5 Å². The lowest BCUT2D eigenvalue weighted by Crippen LogP contribution is -2.50. The Morgan fingerprint density at radius 1 is 1.03 bits per heavy atom. The van der Waals surface area contributed by atoms with Crippen molar-refractivity contribution < 1.29 is 14.7 Å². The fraction of sp³-hybridized carbons (Fsp3) is 0.310. The number of fused-ring (bicyclic) bond motifs is 1. The van der Waals surface area contributed by atoms with Gasteiger partial charge in [-0.2, -0.15) is 0 Å². The number of halogens is 2. The first kappa shape index (κ1) is 26.4. The number of aromatic nitrogens is 2. The van der Waals surface area contributed by atoms with E-state index in [0.717, 1.165) is 39.3 Å². The number of unbranched alkanes of at least 4 members (excludes halogenated alkanes) is 1. The van der Waals surface area contributed by atoms with Crippen molar-refractivity contribution >= 4 is 50.2 Å². The Morgan fingerprint density at radius 2 is 1.74 bits per heavy atom. The molecule has 0 saturated carbocycles. The highest BCUT2D eigenvalue weighted by atomic mass is 79.9. The van der Waals surface area contributed by atoms with Crippen LogP contribution < -0.4 is 0 Å². The Hall–Kier alpha value is -3.23. The van der Waals surface area contributed by atoms with Crippen LogP contribution in [0.3, 0.4) is 0 Å². The summed E-state index contributed by atoms with van der Waals surface area (Å²) < 4.78 is 2.74. The molecule has 5 rings (SSSR count). The monoisotopic (exact) mass is 596 g/mol. The Morgan fingerprint density at radius 3 is 2.45 bits per heavy atom. The van der Waals surface area contributed by atoms with Gasteiger partial charge in [-0.1, -0.05) is 59.1 Å². The highest BCUT2D eigenvalue weighted by molar-refractivity contribution is 9.10. The maximum atomic E-state index is 13.9. The SMILES string of the molecule is CCCCC(=O)N1CCN(C(=O)c2cc(O)n(Cc3ccc(Br)cc3)c2-c2c[nH]c3cc(Cl)ccc23)CC1. The second-order valence-electron chi connectivity index (χ2n) is 9.65. The van der Waals surface area contributed by atoms with Crippen LogP contribution in [0.1, 0.15) is 42.1 Å². The normalized spacial score (nSPS) is 13.9. The van der Waals surface area contributed by atoms with Gasteiger partial charge in [0.15, 0.2) is 5.88 Å². The molecule has 198 valence electrons. The van der Waals surface area contributed by atoms with Crippen molar-refractivity contribution in [2.24, 2.45) is 0 Å². The summed E-state index contributed by atoms with van der Waals surface area (Å²) in [5.74, 6) is 0.00664. The molecule has 2 amide bonds. The van der Waals surface area contributed by atoms with Crippen molar-refractivity contribution in [3.05, 3.63) is 75.4 Å². The van der Waals surface area contributed by atoms with E-state index < -0.39 is 0 Å². The summed E-state index contributed by atoms with van der Waals surface area (Å²) in [5, 5.41) is 12.6. The minimum atomic E-state index is -0.158. The van der Waals surface area contributed by atoms with E-state index in [1.54, 1.807) is 15.5 Å².